The molecule has 0 N–H and O–H groups in total. The van der Waals surface area contributed by atoms with E-state index in [9.17, 15) is 19.5 Å². The molecule has 1 rings (SSSR count). The van der Waals surface area contributed by atoms with E-state index < -0.39 is 35.5 Å². The van der Waals surface area contributed by atoms with E-state index in [1.807, 2.05) is 0 Å². The molecule has 0 spiro atoms. The second kappa shape index (κ2) is 8.86. The van der Waals surface area contributed by atoms with Gasteiger partial charge in [-0.3, -0.25) is 4.79 Å². The summed E-state index contributed by atoms with van der Waals surface area (Å²) in [6, 6.07) is 0. The van der Waals surface area contributed by atoms with Gasteiger partial charge in [0, 0.05) is 12.8 Å². The van der Waals surface area contributed by atoms with E-state index >= 15 is 0 Å². The molecule has 120 valence electrons. The number of hydrogen-bond acceptors (Lipinski definition) is 6. The maximum atomic E-state index is 12.5. The molecule has 1 saturated heterocycles. The Hall–Kier alpha value is -0.630. The molecule has 0 aromatic carbocycles. The van der Waals surface area contributed by atoms with Crippen LogP contribution in [-0.2, 0) is 23.9 Å². The first-order valence-electron chi connectivity index (χ1n) is 7.17. The van der Waals surface area contributed by atoms with Gasteiger partial charge in [-0.05, 0) is 32.9 Å². The maximum absolute atomic E-state index is 12.5. The zero-order valence-electron chi connectivity index (χ0n) is 13.9. The van der Waals surface area contributed by atoms with Crippen LogP contribution in [0.4, 0.5) is 0 Å². The molecule has 0 bridgehead atoms. The molecule has 0 aliphatic carbocycles. The summed E-state index contributed by atoms with van der Waals surface area (Å²) in [7, 11) is 0. The van der Waals surface area contributed by atoms with Crippen LogP contribution in [0.15, 0.2) is 0 Å². The molecule has 0 saturated carbocycles. The third-order valence-corrected chi connectivity index (χ3v) is 3.75. The fourth-order valence-electron chi connectivity index (χ4n) is 2.95. The van der Waals surface area contributed by atoms with Crippen molar-refractivity contribution in [3.05, 3.63) is 0 Å². The molecule has 1 heterocycles. The molecule has 7 nitrogen and oxygen atoms in total. The number of amides is 1. The minimum atomic E-state index is -1.96. The predicted molar refractivity (Wildman–Crippen MR) is 70.7 cm³/mol. The molecule has 0 aromatic heterocycles. The summed E-state index contributed by atoms with van der Waals surface area (Å²) < 4.78 is 9.97. The Bertz CT molecular complexity index is 410. The molecule has 1 aliphatic rings. The summed E-state index contributed by atoms with van der Waals surface area (Å²) in [5, 5.41) is 12.2. The van der Waals surface area contributed by atoms with Crippen LogP contribution in [-0.4, -0.2) is 47.7 Å². The van der Waals surface area contributed by atoms with Crippen molar-refractivity contribution in [3.63, 3.8) is 0 Å². The fourth-order valence-corrected chi connectivity index (χ4v) is 2.95. The molecule has 2 unspecified atom stereocenters. The van der Waals surface area contributed by atoms with Gasteiger partial charge in [0.25, 0.3) is 0 Å². The van der Waals surface area contributed by atoms with Crippen molar-refractivity contribution in [2.45, 2.75) is 52.3 Å². The number of likely N-dealkylation sites (tertiary alicyclic amines) is 1. The van der Waals surface area contributed by atoms with Crippen LogP contribution in [0.25, 0.3) is 0 Å². The van der Waals surface area contributed by atoms with Gasteiger partial charge >= 0.3 is 41.5 Å². The van der Waals surface area contributed by atoms with E-state index in [0.717, 1.165) is 11.8 Å². The van der Waals surface area contributed by atoms with Crippen molar-refractivity contribution in [3.8, 4) is 0 Å². The monoisotopic (exact) mass is 323 g/mol. The molecular formula is C14H22NNaO6. The zero-order chi connectivity index (χ0) is 16.2. The quantitative estimate of drug-likeness (QED) is 0.301. The first kappa shape index (κ1) is 21.4. The normalized spacial score (nSPS) is 22.7. The summed E-state index contributed by atoms with van der Waals surface area (Å²) in [6.45, 7) is 6.21. The Morgan fingerprint density at radius 1 is 1.14 bits per heavy atom. The SMILES string of the molecule is CCOC(=O)C1(C(=O)OCC)C(CC)CC([O-])N1C(C)=O.[Na+]. The molecule has 1 fully saturated rings. The molecular weight excluding hydrogens is 301 g/mol. The van der Waals surface area contributed by atoms with Gasteiger partial charge in [-0.15, -0.1) is 0 Å². The average Bonchev–Trinajstić information content (AvgIpc) is 2.72. The van der Waals surface area contributed by atoms with Crippen molar-refractivity contribution in [1.82, 2.24) is 4.90 Å². The maximum Gasteiger partial charge on any atom is 1.00 e. The van der Waals surface area contributed by atoms with Gasteiger partial charge in [0.1, 0.15) is 0 Å². The predicted octanol–water partition coefficient (Wildman–Crippen LogP) is -3.18. The number of carbonyl (C=O) groups is 3. The fraction of sp³-hybridized carbons (Fsp3) is 0.786. The number of hydrogen-bond donors (Lipinski definition) is 0. The Labute approximate surface area is 152 Å². The number of nitrogens with zero attached hydrogens (tertiary/aromatic N) is 1. The minimum absolute atomic E-state index is 0. The Kier molecular flexibility index (Phi) is 8.61. The number of carbonyl (C=O) groups excluding carboxylic acids is 3. The summed E-state index contributed by atoms with van der Waals surface area (Å²) in [4.78, 5) is 37.6. The summed E-state index contributed by atoms with van der Waals surface area (Å²) >= 11 is 0. The summed E-state index contributed by atoms with van der Waals surface area (Å²) in [5.74, 6) is -3.01. The third-order valence-electron chi connectivity index (χ3n) is 3.75. The largest absolute Gasteiger partial charge is 1.00 e. The molecule has 22 heavy (non-hydrogen) atoms. The van der Waals surface area contributed by atoms with E-state index in [1.54, 1.807) is 20.8 Å². The van der Waals surface area contributed by atoms with Crippen LogP contribution in [0.5, 0.6) is 0 Å². The van der Waals surface area contributed by atoms with Gasteiger partial charge in [-0.1, -0.05) is 6.92 Å². The van der Waals surface area contributed by atoms with Crippen LogP contribution in [0.2, 0.25) is 0 Å². The summed E-state index contributed by atoms with van der Waals surface area (Å²) in [5.41, 5.74) is -1.96. The van der Waals surface area contributed by atoms with E-state index in [1.165, 1.54) is 0 Å². The van der Waals surface area contributed by atoms with Crippen LogP contribution < -0.4 is 34.7 Å². The first-order chi connectivity index (χ1) is 9.87. The summed E-state index contributed by atoms with van der Waals surface area (Å²) in [6.07, 6.45) is -1.05. The third kappa shape index (κ3) is 3.48. The molecule has 0 radical (unpaired) electrons. The Morgan fingerprint density at radius 2 is 1.59 bits per heavy atom. The molecule has 2 atom stereocenters. The van der Waals surface area contributed by atoms with Crippen molar-refractivity contribution >= 4 is 17.8 Å². The van der Waals surface area contributed by atoms with Gasteiger partial charge in [-0.2, -0.15) is 0 Å². The zero-order valence-corrected chi connectivity index (χ0v) is 15.9. The number of esters is 2. The van der Waals surface area contributed by atoms with E-state index in [2.05, 4.69) is 0 Å². The molecule has 1 amide bonds. The van der Waals surface area contributed by atoms with Gasteiger partial charge in [0.05, 0.1) is 13.2 Å². The van der Waals surface area contributed by atoms with E-state index in [-0.39, 0.29) is 49.2 Å². The smallest absolute Gasteiger partial charge is 0.836 e. The first-order valence-corrected chi connectivity index (χ1v) is 7.17. The average molecular weight is 323 g/mol. The van der Waals surface area contributed by atoms with Crippen LogP contribution >= 0.6 is 0 Å². The van der Waals surface area contributed by atoms with E-state index in [0.29, 0.717) is 6.42 Å². The van der Waals surface area contributed by atoms with Crippen LogP contribution in [0.3, 0.4) is 0 Å². The van der Waals surface area contributed by atoms with Crippen LogP contribution in [0.1, 0.15) is 40.5 Å². The van der Waals surface area contributed by atoms with E-state index in [4.69, 9.17) is 9.47 Å². The Balaban J connectivity index is 0.00000441. The number of rotatable bonds is 5. The van der Waals surface area contributed by atoms with Crippen molar-refractivity contribution in [1.29, 1.82) is 0 Å². The van der Waals surface area contributed by atoms with Crippen molar-refractivity contribution < 1.29 is 58.5 Å². The topological polar surface area (TPSA) is 96.0 Å². The molecule has 0 aromatic rings. The molecule has 1 aliphatic heterocycles. The second-order valence-corrected chi connectivity index (χ2v) is 4.89. The minimum Gasteiger partial charge on any atom is -0.836 e. The van der Waals surface area contributed by atoms with Gasteiger partial charge in [0.2, 0.25) is 11.4 Å². The standard InChI is InChI=1S/C14H22NO6.Na/c1-5-10-8-11(17)15(9(4)16)14(10,12(18)20-6-2)13(19)21-7-3;/h10-11H,5-8H2,1-4H3;/q-1;+1. The second-order valence-electron chi connectivity index (χ2n) is 4.89. The van der Waals surface area contributed by atoms with Crippen molar-refractivity contribution in [2.24, 2.45) is 5.92 Å². The number of ether oxygens (including phenoxy) is 2. The van der Waals surface area contributed by atoms with Gasteiger partial charge in [-0.25, -0.2) is 9.59 Å². The Morgan fingerprint density at radius 3 is 1.91 bits per heavy atom. The van der Waals surface area contributed by atoms with Gasteiger partial charge in [0.15, 0.2) is 0 Å². The molecule has 8 heteroatoms. The van der Waals surface area contributed by atoms with Crippen LogP contribution in [0, 0.1) is 5.92 Å². The van der Waals surface area contributed by atoms with Gasteiger partial charge < -0.3 is 19.5 Å². The van der Waals surface area contributed by atoms with Crippen molar-refractivity contribution in [2.75, 3.05) is 13.2 Å².